The van der Waals surface area contributed by atoms with Gasteiger partial charge in [-0.2, -0.15) is 4.98 Å². The monoisotopic (exact) mass is 407 g/mol. The van der Waals surface area contributed by atoms with Crippen molar-refractivity contribution in [1.82, 2.24) is 19.1 Å². The molecule has 3 aromatic heterocycles. The molecule has 0 spiro atoms. The first-order chi connectivity index (χ1) is 13.4. The van der Waals surface area contributed by atoms with Crippen LogP contribution in [0.5, 0.6) is 0 Å². The Balaban J connectivity index is 1.82. The van der Waals surface area contributed by atoms with Crippen LogP contribution < -0.4 is 11.4 Å². The number of hydrogen-bond acceptors (Lipinski definition) is 9. The van der Waals surface area contributed by atoms with E-state index in [9.17, 15) is 19.8 Å². The molecule has 0 bridgehead atoms. The average Bonchev–Trinajstić information content (AvgIpc) is 3.33. The Morgan fingerprint density at radius 1 is 1.46 bits per heavy atom. The van der Waals surface area contributed by atoms with Crippen molar-refractivity contribution in [2.24, 2.45) is 0 Å². The van der Waals surface area contributed by atoms with Gasteiger partial charge in [0, 0.05) is 6.42 Å². The van der Waals surface area contributed by atoms with Crippen molar-refractivity contribution in [3.05, 3.63) is 38.6 Å². The highest BCUT2D eigenvalue weighted by molar-refractivity contribution is 7.12. The van der Waals surface area contributed by atoms with Crippen LogP contribution in [0.25, 0.3) is 11.2 Å². The lowest BCUT2D eigenvalue weighted by Gasteiger charge is -2.15. The number of aromatic nitrogens is 4. The lowest BCUT2D eigenvalue weighted by molar-refractivity contribution is -0.0505. The van der Waals surface area contributed by atoms with E-state index >= 15 is 0 Å². The van der Waals surface area contributed by atoms with Crippen molar-refractivity contribution in [2.75, 3.05) is 12.3 Å². The lowest BCUT2D eigenvalue weighted by Crippen LogP contribution is -2.32. The van der Waals surface area contributed by atoms with Crippen LogP contribution in [0.15, 0.2) is 22.4 Å². The third-order valence-corrected chi connectivity index (χ3v) is 5.52. The van der Waals surface area contributed by atoms with E-state index in [1.807, 2.05) is 0 Å². The van der Waals surface area contributed by atoms with Gasteiger partial charge in [-0.3, -0.25) is 4.57 Å². The first-order valence-electron chi connectivity index (χ1n) is 8.37. The molecule has 0 saturated carbocycles. The Morgan fingerprint density at radius 3 is 2.89 bits per heavy atom. The molecule has 4 rings (SSSR count). The number of carboxylic acid groups (broad SMARTS) is 1. The largest absolute Gasteiger partial charge is 0.477 e. The number of thiophene rings is 1. The van der Waals surface area contributed by atoms with Crippen LogP contribution in [0.2, 0.25) is 0 Å². The average molecular weight is 407 g/mol. The summed E-state index contributed by atoms with van der Waals surface area (Å²) >= 11 is 1.06. The number of rotatable bonds is 5. The Hall–Kier alpha value is -2.80. The van der Waals surface area contributed by atoms with Gasteiger partial charge in [-0.05, 0) is 17.0 Å². The summed E-state index contributed by atoms with van der Waals surface area (Å²) in [4.78, 5) is 32.4. The molecule has 4 heterocycles. The summed E-state index contributed by atoms with van der Waals surface area (Å²) in [6.45, 7) is -0.198. The number of imidazole rings is 1. The molecule has 148 valence electrons. The molecule has 28 heavy (non-hydrogen) atoms. The van der Waals surface area contributed by atoms with E-state index in [4.69, 9.17) is 15.6 Å². The summed E-state index contributed by atoms with van der Waals surface area (Å²) in [6, 6.07) is 1.49. The molecule has 0 aliphatic carbocycles. The second-order valence-corrected chi connectivity index (χ2v) is 7.35. The number of hydrogen-bond donors (Lipinski definition) is 4. The van der Waals surface area contributed by atoms with Crippen LogP contribution in [0.1, 0.15) is 27.9 Å². The Labute approximate surface area is 161 Å². The van der Waals surface area contributed by atoms with Gasteiger partial charge < -0.3 is 25.8 Å². The quantitative estimate of drug-likeness (QED) is 0.441. The van der Waals surface area contributed by atoms with Gasteiger partial charge in [-0.25, -0.2) is 19.1 Å². The number of aliphatic hydroxyl groups excluding tert-OH is 2. The van der Waals surface area contributed by atoms with Gasteiger partial charge in [0.15, 0.2) is 11.9 Å². The fourth-order valence-electron chi connectivity index (χ4n) is 3.29. The van der Waals surface area contributed by atoms with Gasteiger partial charge in [-0.15, -0.1) is 11.3 Å². The molecular formula is C16H17N5O6S. The van der Waals surface area contributed by atoms with Crippen molar-refractivity contribution < 1.29 is 24.9 Å². The van der Waals surface area contributed by atoms with Crippen molar-refractivity contribution in [3.63, 3.8) is 0 Å². The Morgan fingerprint density at radius 2 is 2.25 bits per heavy atom. The van der Waals surface area contributed by atoms with Gasteiger partial charge in [0.25, 0.3) is 0 Å². The van der Waals surface area contributed by atoms with Crippen LogP contribution in [0.4, 0.5) is 5.95 Å². The minimum absolute atomic E-state index is 0.0479. The molecule has 0 aromatic carbocycles. The SMILES string of the molecule is Nc1ncc2c(n1)n([C@@H]1O[C@H](CO)C[C@H]1O)c(=O)n2Cc1csc(C(=O)O)c1. The van der Waals surface area contributed by atoms with Gasteiger partial charge in [0.05, 0.1) is 25.5 Å². The maximum Gasteiger partial charge on any atom is 0.345 e. The zero-order valence-electron chi connectivity index (χ0n) is 14.4. The van der Waals surface area contributed by atoms with Crippen LogP contribution in [0, 0.1) is 0 Å². The number of aliphatic hydroxyl groups is 2. The number of aromatic carboxylic acids is 1. The molecule has 12 heteroatoms. The minimum Gasteiger partial charge on any atom is -0.477 e. The van der Waals surface area contributed by atoms with E-state index < -0.39 is 30.1 Å². The molecule has 5 N–H and O–H groups in total. The first kappa shape index (κ1) is 18.6. The van der Waals surface area contributed by atoms with E-state index in [0.717, 1.165) is 11.3 Å². The molecule has 0 amide bonds. The van der Waals surface area contributed by atoms with E-state index in [1.165, 1.54) is 21.4 Å². The van der Waals surface area contributed by atoms with E-state index in [-0.39, 0.29) is 36.0 Å². The third kappa shape index (κ3) is 3.05. The van der Waals surface area contributed by atoms with Gasteiger partial charge in [-0.1, -0.05) is 0 Å². The third-order valence-electron chi connectivity index (χ3n) is 4.55. The number of nitrogens with zero attached hydrogens (tertiary/aromatic N) is 4. The predicted octanol–water partition coefficient (Wildman–Crippen LogP) is -0.376. The summed E-state index contributed by atoms with van der Waals surface area (Å²) < 4.78 is 8.17. The molecule has 1 aliphatic heterocycles. The molecule has 0 unspecified atom stereocenters. The van der Waals surface area contributed by atoms with Crippen LogP contribution in [-0.4, -0.2) is 59.2 Å². The number of nitrogens with two attached hydrogens (primary N) is 1. The first-order valence-corrected chi connectivity index (χ1v) is 9.25. The summed E-state index contributed by atoms with van der Waals surface area (Å²) in [5.41, 5.74) is 6.34. The number of anilines is 1. The highest BCUT2D eigenvalue weighted by Gasteiger charge is 2.37. The summed E-state index contributed by atoms with van der Waals surface area (Å²) in [7, 11) is 0. The van der Waals surface area contributed by atoms with Gasteiger partial charge in [0.1, 0.15) is 16.5 Å². The molecule has 1 aliphatic rings. The zero-order chi connectivity index (χ0) is 20.0. The fraction of sp³-hybridized carbons (Fsp3) is 0.375. The van der Waals surface area contributed by atoms with E-state index in [1.54, 1.807) is 5.38 Å². The number of fused-ring (bicyclic) bond motifs is 1. The summed E-state index contributed by atoms with van der Waals surface area (Å²) in [6.07, 6.45) is -1.07. The zero-order valence-corrected chi connectivity index (χ0v) is 15.2. The van der Waals surface area contributed by atoms with Crippen molar-refractivity contribution in [1.29, 1.82) is 0 Å². The highest BCUT2D eigenvalue weighted by Crippen LogP contribution is 2.30. The number of nitrogen functional groups attached to an aromatic ring is 1. The van der Waals surface area contributed by atoms with Gasteiger partial charge >= 0.3 is 11.7 Å². The maximum atomic E-state index is 13.1. The molecule has 3 atom stereocenters. The van der Waals surface area contributed by atoms with Crippen molar-refractivity contribution in [2.45, 2.75) is 31.4 Å². The van der Waals surface area contributed by atoms with Crippen molar-refractivity contribution >= 4 is 34.4 Å². The second kappa shape index (κ2) is 6.98. The van der Waals surface area contributed by atoms with Crippen LogP contribution in [-0.2, 0) is 11.3 Å². The lowest BCUT2D eigenvalue weighted by atomic mass is 10.2. The second-order valence-electron chi connectivity index (χ2n) is 6.43. The standard InChI is InChI=1S/C16H17N5O6S/c17-15-18-3-9-12(19-15)21(13-10(23)2-8(5-22)27-13)16(26)20(9)4-7-1-11(14(24)25)28-6-7/h1,3,6,8,10,13,22-23H,2,4-5H2,(H,24,25)(H2,17,18,19)/t8-,10+,13+/m0/s1. The maximum absolute atomic E-state index is 13.1. The molecule has 1 saturated heterocycles. The predicted molar refractivity (Wildman–Crippen MR) is 98.2 cm³/mol. The molecular weight excluding hydrogens is 390 g/mol. The summed E-state index contributed by atoms with van der Waals surface area (Å²) in [5, 5.41) is 30.4. The topological polar surface area (TPSA) is 166 Å². The van der Waals surface area contributed by atoms with E-state index in [2.05, 4.69) is 9.97 Å². The Bertz CT molecular complexity index is 1100. The molecule has 1 fully saturated rings. The highest BCUT2D eigenvalue weighted by atomic mass is 32.1. The van der Waals surface area contributed by atoms with Crippen LogP contribution in [0.3, 0.4) is 0 Å². The fourth-order valence-corrected chi connectivity index (χ4v) is 4.03. The van der Waals surface area contributed by atoms with Crippen molar-refractivity contribution in [3.8, 4) is 0 Å². The Kier molecular flexibility index (Phi) is 4.63. The molecule has 11 nitrogen and oxygen atoms in total. The smallest absolute Gasteiger partial charge is 0.345 e. The molecule has 3 aromatic rings. The normalized spacial score (nSPS) is 22.1. The number of carboxylic acids is 1. The number of carbonyl (C=O) groups is 1. The number of ether oxygens (including phenoxy) is 1. The van der Waals surface area contributed by atoms with E-state index in [0.29, 0.717) is 11.1 Å². The summed E-state index contributed by atoms with van der Waals surface area (Å²) in [5.74, 6) is -1.09. The van der Waals surface area contributed by atoms with Gasteiger partial charge in [0.2, 0.25) is 5.95 Å². The minimum atomic E-state index is -1.04. The molecule has 0 radical (unpaired) electrons. The van der Waals surface area contributed by atoms with Crippen LogP contribution >= 0.6 is 11.3 Å².